The van der Waals surface area contributed by atoms with Crippen molar-refractivity contribution in [2.75, 3.05) is 0 Å². The smallest absolute Gasteiger partial charge is 0.358 e. The quantitative estimate of drug-likeness (QED) is 0.0857. The first kappa shape index (κ1) is 23.1. The van der Waals surface area contributed by atoms with Crippen LogP contribution in [-0.4, -0.2) is 37.2 Å². The number of hydrogen-bond donors (Lipinski definition) is 1. The first-order valence-electron chi connectivity index (χ1n) is 9.63. The summed E-state index contributed by atoms with van der Waals surface area (Å²) in [5.74, 6) is -1.47. The number of fused-ring (bicyclic) bond motifs is 1. The Bertz CT molecular complexity index is 1250. The van der Waals surface area contributed by atoms with Gasteiger partial charge < -0.3 is 9.84 Å². The molecule has 1 fully saturated rings. The maximum atomic E-state index is 12.7. The van der Waals surface area contributed by atoms with Crippen LogP contribution in [0.15, 0.2) is 64.3 Å². The number of amides is 1. The summed E-state index contributed by atoms with van der Waals surface area (Å²) in [5, 5.41) is 20.5. The van der Waals surface area contributed by atoms with E-state index in [4.69, 9.17) is 4.74 Å². The van der Waals surface area contributed by atoms with E-state index in [0.29, 0.717) is 5.56 Å². The average molecular weight is 504 g/mol. The molecule has 2 heterocycles. The fourth-order valence-electron chi connectivity index (χ4n) is 3.12. The third-order valence-electron chi connectivity index (χ3n) is 4.77. The number of benzene rings is 2. The van der Waals surface area contributed by atoms with Gasteiger partial charge in [-0.3, -0.25) is 19.8 Å². The van der Waals surface area contributed by atoms with E-state index >= 15 is 0 Å². The number of rotatable bonds is 8. The summed E-state index contributed by atoms with van der Waals surface area (Å²) in [7, 11) is 2.85. The second kappa shape index (κ2) is 9.81. The Labute approximate surface area is 200 Å². The number of nitro benzene ring substituents is 1. The van der Waals surface area contributed by atoms with Gasteiger partial charge >= 0.3 is 5.97 Å². The van der Waals surface area contributed by atoms with Crippen LogP contribution in [0.1, 0.15) is 18.9 Å². The molecule has 170 valence electrons. The molecule has 1 amide bonds. The van der Waals surface area contributed by atoms with Gasteiger partial charge in [-0.2, -0.15) is 0 Å². The number of nitro groups is 1. The number of non-ortho nitro benzene ring substituents is 1. The minimum absolute atomic E-state index is 0.0752. The second-order valence-electron chi connectivity index (χ2n) is 6.99. The summed E-state index contributed by atoms with van der Waals surface area (Å²) in [6, 6.07) is 11.4. The summed E-state index contributed by atoms with van der Waals surface area (Å²) in [5.41, 5.74) is 2.91. The summed E-state index contributed by atoms with van der Waals surface area (Å²) in [6.07, 6.45) is 0.219. The fraction of sp³-hybridized carbons (Fsp3) is 0.190. The second-order valence-corrected chi connectivity index (χ2v) is 10.3. The zero-order valence-electron chi connectivity index (χ0n) is 17.2. The van der Waals surface area contributed by atoms with Crippen molar-refractivity contribution in [3.8, 4) is 0 Å². The molecule has 1 N–H and O–H groups in total. The maximum Gasteiger partial charge on any atom is 0.358 e. The number of likely N-dealkylation sites (tertiary alicyclic amines) is 1. The highest BCUT2D eigenvalue weighted by molar-refractivity contribution is 8.77. The predicted molar refractivity (Wildman–Crippen MR) is 127 cm³/mol. The number of thiazole rings is 1. The molecule has 0 aliphatic carbocycles. The van der Waals surface area contributed by atoms with Crippen molar-refractivity contribution in [2.24, 2.45) is 0 Å². The number of nitrogens with zero attached hydrogens (tertiary/aromatic N) is 3. The third kappa shape index (κ3) is 4.97. The first-order valence-corrected chi connectivity index (χ1v) is 12.7. The number of esters is 1. The molecular weight excluding hydrogens is 486 g/mol. The van der Waals surface area contributed by atoms with Crippen molar-refractivity contribution < 1.29 is 24.4 Å². The molecule has 33 heavy (non-hydrogen) atoms. The van der Waals surface area contributed by atoms with E-state index in [0.717, 1.165) is 15.1 Å². The molecule has 1 saturated heterocycles. The molecule has 12 heteroatoms. The number of ether oxygens (including phenoxy) is 1. The first-order chi connectivity index (χ1) is 15.8. The van der Waals surface area contributed by atoms with Crippen LogP contribution in [0, 0.1) is 10.1 Å². The van der Waals surface area contributed by atoms with Gasteiger partial charge in [0.25, 0.3) is 5.69 Å². The van der Waals surface area contributed by atoms with Crippen LogP contribution in [0.5, 0.6) is 0 Å². The normalized spacial score (nSPS) is 16.3. The van der Waals surface area contributed by atoms with Crippen LogP contribution in [0.4, 0.5) is 5.69 Å². The molecule has 0 spiro atoms. The Morgan fingerprint density at radius 3 is 2.76 bits per heavy atom. The number of aliphatic hydroxyl groups is 1. The third-order valence-corrected chi connectivity index (χ3v) is 8.27. The van der Waals surface area contributed by atoms with Gasteiger partial charge in [0.15, 0.2) is 5.70 Å². The maximum absolute atomic E-state index is 12.7. The van der Waals surface area contributed by atoms with Crippen molar-refractivity contribution in [3.05, 3.63) is 75.1 Å². The number of allylic oxidation sites excluding steroid dienone is 1. The van der Waals surface area contributed by atoms with Gasteiger partial charge in [-0.05, 0) is 36.8 Å². The van der Waals surface area contributed by atoms with Gasteiger partial charge in [0, 0.05) is 17.0 Å². The lowest BCUT2D eigenvalue weighted by molar-refractivity contribution is -0.384. The number of para-hydroxylation sites is 1. The molecule has 9 nitrogen and oxygen atoms in total. The summed E-state index contributed by atoms with van der Waals surface area (Å²) in [6.45, 7) is 1.16. The highest BCUT2D eigenvalue weighted by Gasteiger charge is 2.43. The lowest BCUT2D eigenvalue weighted by Crippen LogP contribution is -2.51. The largest absolute Gasteiger partial charge is 0.510 e. The molecule has 0 bridgehead atoms. The number of hydrogen-bond acceptors (Lipinski definition) is 10. The number of β-lactam (4-membered cyclic amide) rings is 1. The molecule has 1 aliphatic heterocycles. The van der Waals surface area contributed by atoms with E-state index < -0.39 is 10.9 Å². The highest BCUT2D eigenvalue weighted by atomic mass is 33.1. The van der Waals surface area contributed by atoms with Crippen molar-refractivity contribution in [1.82, 2.24) is 9.88 Å². The number of aromatic nitrogens is 1. The lowest BCUT2D eigenvalue weighted by atomic mass is 10.1. The van der Waals surface area contributed by atoms with Gasteiger partial charge in [0.1, 0.15) is 17.7 Å². The van der Waals surface area contributed by atoms with Gasteiger partial charge in [-0.15, -0.1) is 11.3 Å². The topological polar surface area (TPSA) is 123 Å². The molecule has 0 saturated carbocycles. The van der Waals surface area contributed by atoms with E-state index in [1.807, 2.05) is 18.2 Å². The van der Waals surface area contributed by atoms with E-state index in [1.165, 1.54) is 57.7 Å². The van der Waals surface area contributed by atoms with Gasteiger partial charge in [0.2, 0.25) is 5.91 Å². The zero-order chi connectivity index (χ0) is 23.5. The van der Waals surface area contributed by atoms with E-state index in [1.54, 1.807) is 16.8 Å². The van der Waals surface area contributed by atoms with Crippen LogP contribution in [0.3, 0.4) is 0 Å². The highest BCUT2D eigenvalue weighted by Crippen LogP contribution is 2.45. The van der Waals surface area contributed by atoms with Crippen LogP contribution in [0.2, 0.25) is 0 Å². The Morgan fingerprint density at radius 2 is 2.09 bits per heavy atom. The minimum Gasteiger partial charge on any atom is -0.510 e. The number of carbonyl (C=O) groups is 2. The SMILES string of the molecule is C/C(O)=C(/C(=O)OCc1ccc([N+](=O)[O-])cc1)N1C(=O)C[C@H]1SSc1cccc2scnc12. The average Bonchev–Trinajstić information content (AvgIpc) is 3.28. The summed E-state index contributed by atoms with van der Waals surface area (Å²) >= 11 is 1.54. The Morgan fingerprint density at radius 1 is 1.33 bits per heavy atom. The minimum atomic E-state index is -0.849. The molecule has 0 unspecified atom stereocenters. The molecular formula is C21H17N3O6S3. The fourth-order valence-corrected chi connectivity index (χ4v) is 6.51. The van der Waals surface area contributed by atoms with Gasteiger partial charge in [-0.1, -0.05) is 27.7 Å². The lowest BCUT2D eigenvalue weighted by Gasteiger charge is -2.39. The monoisotopic (exact) mass is 503 g/mol. The Balaban J connectivity index is 1.42. The zero-order valence-corrected chi connectivity index (χ0v) is 19.6. The molecule has 1 aliphatic rings. The molecule has 1 aromatic heterocycles. The number of aliphatic hydroxyl groups excluding tert-OH is 1. The van der Waals surface area contributed by atoms with Gasteiger partial charge in [0.05, 0.1) is 27.1 Å². The molecule has 1 atom stereocenters. The molecule has 3 aromatic rings. The molecule has 4 rings (SSSR count). The van der Waals surface area contributed by atoms with Crippen LogP contribution >= 0.6 is 32.9 Å². The van der Waals surface area contributed by atoms with E-state index in [2.05, 4.69) is 4.98 Å². The molecule has 2 aromatic carbocycles. The van der Waals surface area contributed by atoms with Crippen molar-refractivity contribution >= 4 is 60.7 Å². The summed E-state index contributed by atoms with van der Waals surface area (Å²) in [4.78, 5) is 41.8. The van der Waals surface area contributed by atoms with E-state index in [-0.39, 0.29) is 41.5 Å². The Kier molecular flexibility index (Phi) is 6.86. The molecule has 0 radical (unpaired) electrons. The van der Waals surface area contributed by atoms with Crippen molar-refractivity contribution in [3.63, 3.8) is 0 Å². The standard InChI is InChI=1S/C21H17N3O6S3/c1-12(25)20(21(27)30-10-13-5-7-14(8-6-13)24(28)29)23-17(26)9-18(23)33-32-16-4-2-3-15-19(16)22-11-31-15/h2-8,11,18,25H,9-10H2,1H3/b20-12+/t18-/m1/s1. The van der Waals surface area contributed by atoms with Crippen LogP contribution in [-0.2, 0) is 20.9 Å². The van der Waals surface area contributed by atoms with E-state index in [9.17, 15) is 24.8 Å². The Hall–Kier alpha value is -3.09. The summed E-state index contributed by atoms with van der Waals surface area (Å²) < 4.78 is 6.33. The van der Waals surface area contributed by atoms with Crippen LogP contribution < -0.4 is 0 Å². The van der Waals surface area contributed by atoms with Crippen molar-refractivity contribution in [2.45, 2.75) is 30.2 Å². The van der Waals surface area contributed by atoms with Crippen molar-refractivity contribution in [1.29, 1.82) is 0 Å². The van der Waals surface area contributed by atoms with Gasteiger partial charge in [-0.25, -0.2) is 9.78 Å². The predicted octanol–water partition coefficient (Wildman–Crippen LogP) is 5.04. The number of carbonyl (C=O) groups excluding carboxylic acids is 2. The van der Waals surface area contributed by atoms with Crippen LogP contribution in [0.25, 0.3) is 10.2 Å².